The zero-order valence-corrected chi connectivity index (χ0v) is 13.5. The van der Waals surface area contributed by atoms with E-state index < -0.39 is 0 Å². The molecule has 3 N–H and O–H groups in total. The maximum atomic E-state index is 11.7. The molecule has 0 aromatic heterocycles. The summed E-state index contributed by atoms with van der Waals surface area (Å²) >= 11 is 0. The van der Waals surface area contributed by atoms with Gasteiger partial charge in [0, 0.05) is 12.8 Å². The van der Waals surface area contributed by atoms with Gasteiger partial charge >= 0.3 is 5.97 Å². The summed E-state index contributed by atoms with van der Waals surface area (Å²) in [5.74, 6) is -0.0953. The van der Waals surface area contributed by atoms with E-state index in [0.29, 0.717) is 18.6 Å². The van der Waals surface area contributed by atoms with Crippen LogP contribution in [-0.4, -0.2) is 24.1 Å². The zero-order chi connectivity index (χ0) is 17.1. The lowest BCUT2D eigenvalue weighted by Crippen LogP contribution is -2.09. The fraction of sp³-hybridized carbons (Fsp3) is 0.529. The SMILES string of the molecule is COc1cc(COC(=O)CCCCCCCC(N)=O)ccc1O. The van der Waals surface area contributed by atoms with Crippen molar-refractivity contribution in [3.05, 3.63) is 23.8 Å². The molecule has 6 heteroatoms. The summed E-state index contributed by atoms with van der Waals surface area (Å²) in [4.78, 5) is 22.2. The summed E-state index contributed by atoms with van der Waals surface area (Å²) in [6.07, 6.45) is 5.25. The van der Waals surface area contributed by atoms with Crippen molar-refractivity contribution >= 4 is 11.9 Å². The molecular formula is C17H25NO5. The average molecular weight is 323 g/mol. The van der Waals surface area contributed by atoms with Gasteiger partial charge in [0.2, 0.25) is 5.91 Å². The fourth-order valence-corrected chi connectivity index (χ4v) is 2.15. The fourth-order valence-electron chi connectivity index (χ4n) is 2.15. The Kier molecular flexibility index (Phi) is 8.57. The lowest BCUT2D eigenvalue weighted by atomic mass is 10.1. The number of hydrogen-bond acceptors (Lipinski definition) is 5. The number of methoxy groups -OCH3 is 1. The Labute approximate surface area is 136 Å². The van der Waals surface area contributed by atoms with E-state index in [1.54, 1.807) is 12.1 Å². The van der Waals surface area contributed by atoms with Crippen LogP contribution in [0.2, 0.25) is 0 Å². The zero-order valence-electron chi connectivity index (χ0n) is 13.5. The number of ether oxygens (including phenoxy) is 2. The summed E-state index contributed by atoms with van der Waals surface area (Å²) in [5.41, 5.74) is 5.82. The van der Waals surface area contributed by atoms with Gasteiger partial charge in [0.15, 0.2) is 11.5 Å². The third-order valence-electron chi connectivity index (χ3n) is 3.45. The minimum Gasteiger partial charge on any atom is -0.504 e. The van der Waals surface area contributed by atoms with Crippen molar-refractivity contribution in [1.82, 2.24) is 0 Å². The molecule has 0 aliphatic rings. The van der Waals surface area contributed by atoms with Gasteiger partial charge in [0.25, 0.3) is 0 Å². The van der Waals surface area contributed by atoms with Crippen LogP contribution in [0.5, 0.6) is 11.5 Å². The van der Waals surface area contributed by atoms with Crippen molar-refractivity contribution in [3.8, 4) is 11.5 Å². The molecule has 0 atom stereocenters. The molecule has 0 saturated carbocycles. The van der Waals surface area contributed by atoms with E-state index >= 15 is 0 Å². The highest BCUT2D eigenvalue weighted by Crippen LogP contribution is 2.26. The third kappa shape index (κ3) is 8.09. The molecule has 0 aliphatic heterocycles. The van der Waals surface area contributed by atoms with Gasteiger partial charge in [-0.25, -0.2) is 0 Å². The standard InChI is InChI=1S/C17H25NO5/c1-22-15-11-13(9-10-14(15)19)12-23-17(21)8-6-4-2-3-5-7-16(18)20/h9-11,19H,2-8,12H2,1H3,(H2,18,20). The number of phenols is 1. The molecule has 128 valence electrons. The van der Waals surface area contributed by atoms with Gasteiger partial charge in [-0.15, -0.1) is 0 Å². The molecule has 0 bridgehead atoms. The van der Waals surface area contributed by atoms with E-state index in [1.165, 1.54) is 13.2 Å². The second-order valence-electron chi connectivity index (χ2n) is 5.40. The summed E-state index contributed by atoms with van der Waals surface area (Å²) in [6, 6.07) is 4.83. The smallest absolute Gasteiger partial charge is 0.306 e. The largest absolute Gasteiger partial charge is 0.504 e. The van der Waals surface area contributed by atoms with Gasteiger partial charge in [-0.05, 0) is 30.5 Å². The molecule has 23 heavy (non-hydrogen) atoms. The van der Waals surface area contributed by atoms with Crippen LogP contribution in [0.3, 0.4) is 0 Å². The lowest BCUT2D eigenvalue weighted by Gasteiger charge is -2.08. The van der Waals surface area contributed by atoms with Gasteiger partial charge in [-0.1, -0.05) is 25.3 Å². The summed E-state index contributed by atoms with van der Waals surface area (Å²) in [6.45, 7) is 0.161. The van der Waals surface area contributed by atoms with Crippen molar-refractivity contribution in [1.29, 1.82) is 0 Å². The Morgan fingerprint density at radius 2 is 1.74 bits per heavy atom. The number of amides is 1. The number of hydrogen-bond donors (Lipinski definition) is 2. The van der Waals surface area contributed by atoms with E-state index in [4.69, 9.17) is 15.2 Å². The van der Waals surface area contributed by atoms with Crippen molar-refractivity contribution in [3.63, 3.8) is 0 Å². The summed E-state index contributed by atoms with van der Waals surface area (Å²) < 4.78 is 10.2. The number of benzene rings is 1. The van der Waals surface area contributed by atoms with Crippen LogP contribution in [0.1, 0.15) is 50.5 Å². The van der Waals surface area contributed by atoms with Crippen LogP contribution in [0.4, 0.5) is 0 Å². The highest BCUT2D eigenvalue weighted by atomic mass is 16.5. The highest BCUT2D eigenvalue weighted by molar-refractivity contribution is 5.73. The maximum Gasteiger partial charge on any atom is 0.306 e. The molecule has 1 aromatic carbocycles. The highest BCUT2D eigenvalue weighted by Gasteiger charge is 2.06. The van der Waals surface area contributed by atoms with Crippen LogP contribution < -0.4 is 10.5 Å². The van der Waals surface area contributed by atoms with Gasteiger partial charge in [0.05, 0.1) is 7.11 Å². The third-order valence-corrected chi connectivity index (χ3v) is 3.45. The molecule has 0 heterocycles. The monoisotopic (exact) mass is 323 g/mol. The van der Waals surface area contributed by atoms with Crippen LogP contribution in [0.15, 0.2) is 18.2 Å². The number of phenolic OH excluding ortho intramolecular Hbond substituents is 1. The quantitative estimate of drug-likeness (QED) is 0.482. The second kappa shape index (κ2) is 10.5. The number of carbonyl (C=O) groups is 2. The maximum absolute atomic E-state index is 11.7. The van der Waals surface area contributed by atoms with Gasteiger partial charge in [-0.2, -0.15) is 0 Å². The molecule has 1 amide bonds. The van der Waals surface area contributed by atoms with E-state index in [2.05, 4.69) is 0 Å². The molecule has 0 saturated heterocycles. The van der Waals surface area contributed by atoms with Crippen LogP contribution in [0.25, 0.3) is 0 Å². The van der Waals surface area contributed by atoms with Crippen molar-refractivity contribution in [2.75, 3.05) is 7.11 Å². The van der Waals surface area contributed by atoms with Crippen LogP contribution in [-0.2, 0) is 20.9 Å². The molecule has 0 fully saturated rings. The Bertz CT molecular complexity index is 516. The first-order chi connectivity index (χ1) is 11.0. The molecule has 0 aliphatic carbocycles. The van der Waals surface area contributed by atoms with Crippen molar-refractivity contribution in [2.45, 2.75) is 51.6 Å². The normalized spacial score (nSPS) is 10.3. The summed E-state index contributed by atoms with van der Waals surface area (Å²) in [5, 5.41) is 9.49. The van der Waals surface area contributed by atoms with E-state index in [-0.39, 0.29) is 24.2 Å². The molecule has 6 nitrogen and oxygen atoms in total. The molecular weight excluding hydrogens is 298 g/mol. The number of nitrogens with two attached hydrogens (primary N) is 1. The number of unbranched alkanes of at least 4 members (excludes halogenated alkanes) is 4. The minimum absolute atomic E-state index is 0.0545. The van der Waals surface area contributed by atoms with Gasteiger partial charge in [0.1, 0.15) is 6.61 Å². The number of carbonyl (C=O) groups excluding carboxylic acids is 2. The average Bonchev–Trinajstić information content (AvgIpc) is 2.52. The Balaban J connectivity index is 2.14. The number of primary amides is 1. The van der Waals surface area contributed by atoms with Gasteiger partial charge < -0.3 is 20.3 Å². The van der Waals surface area contributed by atoms with E-state index in [0.717, 1.165) is 37.7 Å². The van der Waals surface area contributed by atoms with Crippen LogP contribution in [0, 0.1) is 0 Å². The number of aromatic hydroxyl groups is 1. The van der Waals surface area contributed by atoms with Crippen LogP contribution >= 0.6 is 0 Å². The predicted octanol–water partition coefficient (Wildman–Crippen LogP) is 2.66. The first kappa shape index (κ1) is 18.8. The first-order valence-corrected chi connectivity index (χ1v) is 7.82. The molecule has 0 unspecified atom stereocenters. The summed E-state index contributed by atoms with van der Waals surface area (Å²) in [7, 11) is 1.47. The lowest BCUT2D eigenvalue weighted by molar-refractivity contribution is -0.145. The van der Waals surface area contributed by atoms with Crippen molar-refractivity contribution < 1.29 is 24.2 Å². The Hall–Kier alpha value is -2.24. The number of rotatable bonds is 11. The number of esters is 1. The van der Waals surface area contributed by atoms with Crippen molar-refractivity contribution in [2.24, 2.45) is 5.73 Å². The minimum atomic E-state index is -0.264. The predicted molar refractivity (Wildman–Crippen MR) is 86.0 cm³/mol. The molecule has 1 aromatic rings. The van der Waals surface area contributed by atoms with E-state index in [9.17, 15) is 14.7 Å². The second-order valence-corrected chi connectivity index (χ2v) is 5.40. The van der Waals surface area contributed by atoms with Gasteiger partial charge in [-0.3, -0.25) is 9.59 Å². The Morgan fingerprint density at radius 3 is 2.39 bits per heavy atom. The Morgan fingerprint density at radius 1 is 1.09 bits per heavy atom. The molecule has 1 rings (SSSR count). The molecule has 0 radical (unpaired) electrons. The topological polar surface area (TPSA) is 98.9 Å². The molecule has 0 spiro atoms. The first-order valence-electron chi connectivity index (χ1n) is 7.82. The van der Waals surface area contributed by atoms with E-state index in [1.807, 2.05) is 0 Å².